The van der Waals surface area contributed by atoms with Crippen molar-refractivity contribution in [3.8, 4) is 0 Å². The van der Waals surface area contributed by atoms with Crippen molar-refractivity contribution in [3.63, 3.8) is 0 Å². The van der Waals surface area contributed by atoms with Crippen LogP contribution in [0.25, 0.3) is 0 Å². The Bertz CT molecular complexity index is 383. The molecule has 2 unspecified atom stereocenters. The maximum Gasteiger partial charge on any atom is 0.128 e. The monoisotopic (exact) mass is 249 g/mol. The van der Waals surface area contributed by atoms with E-state index in [2.05, 4.69) is 49.3 Å². The van der Waals surface area contributed by atoms with Crippen LogP contribution in [0.3, 0.4) is 0 Å². The van der Waals surface area contributed by atoms with E-state index in [-0.39, 0.29) is 6.10 Å². The van der Waals surface area contributed by atoms with E-state index in [0.717, 1.165) is 37.6 Å². The zero-order valence-electron chi connectivity index (χ0n) is 11.5. The van der Waals surface area contributed by atoms with Crippen molar-refractivity contribution in [2.24, 2.45) is 0 Å². The lowest BCUT2D eigenvalue weighted by Gasteiger charge is -2.28. The Morgan fingerprint density at radius 2 is 2.33 bits per heavy atom. The summed E-state index contributed by atoms with van der Waals surface area (Å²) in [6, 6.07) is 6.65. The van der Waals surface area contributed by atoms with Gasteiger partial charge in [0.1, 0.15) is 5.82 Å². The summed E-state index contributed by atoms with van der Waals surface area (Å²) in [6.07, 6.45) is 1.37. The zero-order chi connectivity index (χ0) is 13.0. The van der Waals surface area contributed by atoms with Crippen LogP contribution in [0.4, 0.5) is 5.82 Å². The standard InChI is InChI=1S/C14H23N3O/c1-4-15-10-12-6-5-7-14(16-12)17(3)13-8-9-18-11(13)2/h5-7,11,13,15H,4,8-10H2,1-3H3. The Morgan fingerprint density at radius 1 is 1.50 bits per heavy atom. The van der Waals surface area contributed by atoms with Crippen LogP contribution in [0, 0.1) is 0 Å². The fourth-order valence-corrected chi connectivity index (χ4v) is 2.41. The lowest BCUT2D eigenvalue weighted by atomic mass is 10.1. The molecule has 1 aliphatic heterocycles. The van der Waals surface area contributed by atoms with Crippen LogP contribution < -0.4 is 10.2 Å². The van der Waals surface area contributed by atoms with Crippen molar-refractivity contribution in [3.05, 3.63) is 23.9 Å². The fourth-order valence-electron chi connectivity index (χ4n) is 2.41. The molecule has 100 valence electrons. The van der Waals surface area contributed by atoms with Crippen molar-refractivity contribution in [2.75, 3.05) is 25.1 Å². The second kappa shape index (κ2) is 6.16. The summed E-state index contributed by atoms with van der Waals surface area (Å²) in [4.78, 5) is 6.94. The molecule has 1 aliphatic rings. The van der Waals surface area contributed by atoms with E-state index < -0.39 is 0 Å². The van der Waals surface area contributed by atoms with E-state index in [1.807, 2.05) is 0 Å². The molecule has 1 fully saturated rings. The number of hydrogen-bond acceptors (Lipinski definition) is 4. The van der Waals surface area contributed by atoms with Gasteiger partial charge in [-0.1, -0.05) is 13.0 Å². The Hall–Kier alpha value is -1.13. The molecule has 1 saturated heterocycles. The number of nitrogens with one attached hydrogen (secondary N) is 1. The lowest BCUT2D eigenvalue weighted by Crippen LogP contribution is -2.37. The molecule has 0 bridgehead atoms. The number of likely N-dealkylation sites (N-methyl/N-ethyl adjacent to an activating group) is 1. The summed E-state index contributed by atoms with van der Waals surface area (Å²) >= 11 is 0. The molecule has 0 aromatic carbocycles. The maximum absolute atomic E-state index is 5.62. The van der Waals surface area contributed by atoms with Gasteiger partial charge in [0.25, 0.3) is 0 Å². The number of rotatable bonds is 5. The molecule has 2 heterocycles. The molecule has 1 aromatic rings. The SMILES string of the molecule is CCNCc1cccc(N(C)C2CCOC2C)n1. The van der Waals surface area contributed by atoms with E-state index in [4.69, 9.17) is 9.72 Å². The summed E-state index contributed by atoms with van der Waals surface area (Å²) in [5, 5.41) is 3.30. The Morgan fingerprint density at radius 3 is 3.00 bits per heavy atom. The van der Waals surface area contributed by atoms with Gasteiger partial charge in [0.15, 0.2) is 0 Å². The van der Waals surface area contributed by atoms with E-state index in [1.54, 1.807) is 0 Å². The van der Waals surface area contributed by atoms with Gasteiger partial charge in [0, 0.05) is 20.2 Å². The first kappa shape index (κ1) is 13.3. The van der Waals surface area contributed by atoms with Crippen LogP contribution in [0.15, 0.2) is 18.2 Å². The lowest BCUT2D eigenvalue weighted by molar-refractivity contribution is 0.118. The summed E-state index contributed by atoms with van der Waals surface area (Å²) in [6.45, 7) is 6.89. The molecule has 0 radical (unpaired) electrons. The predicted octanol–water partition coefficient (Wildman–Crippen LogP) is 1.80. The highest BCUT2D eigenvalue weighted by molar-refractivity contribution is 5.40. The summed E-state index contributed by atoms with van der Waals surface area (Å²) in [5.74, 6) is 1.03. The minimum Gasteiger partial charge on any atom is -0.376 e. The number of pyridine rings is 1. The molecule has 1 N–H and O–H groups in total. The minimum atomic E-state index is 0.286. The van der Waals surface area contributed by atoms with Crippen molar-refractivity contribution in [1.29, 1.82) is 0 Å². The van der Waals surface area contributed by atoms with Gasteiger partial charge in [-0.25, -0.2) is 4.98 Å². The van der Waals surface area contributed by atoms with Crippen molar-refractivity contribution < 1.29 is 4.74 Å². The normalized spacial score (nSPS) is 23.3. The number of ether oxygens (including phenoxy) is 1. The fraction of sp³-hybridized carbons (Fsp3) is 0.643. The molecule has 4 heteroatoms. The Kier molecular flexibility index (Phi) is 4.55. The number of anilines is 1. The molecule has 0 amide bonds. The van der Waals surface area contributed by atoms with Crippen LogP contribution in [0.1, 0.15) is 26.0 Å². The molecule has 0 spiro atoms. The molecule has 0 saturated carbocycles. The van der Waals surface area contributed by atoms with E-state index >= 15 is 0 Å². The third-order valence-electron chi connectivity index (χ3n) is 3.54. The second-order valence-corrected chi connectivity index (χ2v) is 4.81. The molecular weight excluding hydrogens is 226 g/mol. The molecule has 2 atom stereocenters. The minimum absolute atomic E-state index is 0.286. The maximum atomic E-state index is 5.62. The van der Waals surface area contributed by atoms with Crippen molar-refractivity contribution in [1.82, 2.24) is 10.3 Å². The molecule has 2 rings (SSSR count). The van der Waals surface area contributed by atoms with Gasteiger partial charge in [-0.2, -0.15) is 0 Å². The van der Waals surface area contributed by atoms with Gasteiger partial charge in [0.2, 0.25) is 0 Å². The third-order valence-corrected chi connectivity index (χ3v) is 3.54. The quantitative estimate of drug-likeness (QED) is 0.863. The predicted molar refractivity (Wildman–Crippen MR) is 73.8 cm³/mol. The zero-order valence-corrected chi connectivity index (χ0v) is 11.5. The van der Waals surface area contributed by atoms with Gasteiger partial charge in [-0.05, 0) is 32.0 Å². The Labute approximate surface area is 109 Å². The molecular formula is C14H23N3O. The van der Waals surface area contributed by atoms with Gasteiger partial charge >= 0.3 is 0 Å². The third kappa shape index (κ3) is 3.00. The average Bonchev–Trinajstić information content (AvgIpc) is 2.82. The van der Waals surface area contributed by atoms with Crippen LogP contribution in [-0.2, 0) is 11.3 Å². The van der Waals surface area contributed by atoms with Crippen molar-refractivity contribution >= 4 is 5.82 Å². The number of aromatic nitrogens is 1. The van der Waals surface area contributed by atoms with E-state index in [1.165, 1.54) is 0 Å². The Balaban J connectivity index is 2.07. The topological polar surface area (TPSA) is 37.4 Å². The highest BCUT2D eigenvalue weighted by Gasteiger charge is 2.28. The molecule has 1 aromatic heterocycles. The van der Waals surface area contributed by atoms with E-state index in [0.29, 0.717) is 6.04 Å². The van der Waals surface area contributed by atoms with Gasteiger partial charge in [-0.3, -0.25) is 0 Å². The molecule has 18 heavy (non-hydrogen) atoms. The van der Waals surface area contributed by atoms with Gasteiger partial charge < -0.3 is 15.0 Å². The van der Waals surface area contributed by atoms with Gasteiger partial charge in [-0.15, -0.1) is 0 Å². The first-order chi connectivity index (χ1) is 8.72. The van der Waals surface area contributed by atoms with Crippen molar-refractivity contribution in [2.45, 2.75) is 39.0 Å². The number of nitrogens with zero attached hydrogens (tertiary/aromatic N) is 2. The van der Waals surface area contributed by atoms with Crippen LogP contribution in [0.2, 0.25) is 0 Å². The first-order valence-corrected chi connectivity index (χ1v) is 6.73. The smallest absolute Gasteiger partial charge is 0.128 e. The summed E-state index contributed by atoms with van der Waals surface area (Å²) in [7, 11) is 2.11. The first-order valence-electron chi connectivity index (χ1n) is 6.73. The van der Waals surface area contributed by atoms with Crippen LogP contribution in [-0.4, -0.2) is 37.3 Å². The summed E-state index contributed by atoms with van der Waals surface area (Å²) < 4.78 is 5.62. The highest BCUT2D eigenvalue weighted by Crippen LogP contribution is 2.22. The van der Waals surface area contributed by atoms with Crippen LogP contribution in [0.5, 0.6) is 0 Å². The highest BCUT2D eigenvalue weighted by atomic mass is 16.5. The van der Waals surface area contributed by atoms with Crippen LogP contribution >= 0.6 is 0 Å². The second-order valence-electron chi connectivity index (χ2n) is 4.81. The summed E-state index contributed by atoms with van der Waals surface area (Å²) in [5.41, 5.74) is 1.09. The van der Waals surface area contributed by atoms with Gasteiger partial charge in [0.05, 0.1) is 17.8 Å². The average molecular weight is 249 g/mol. The largest absolute Gasteiger partial charge is 0.376 e. The molecule has 4 nitrogen and oxygen atoms in total. The number of hydrogen-bond donors (Lipinski definition) is 1. The molecule has 0 aliphatic carbocycles. The van der Waals surface area contributed by atoms with E-state index in [9.17, 15) is 0 Å².